The summed E-state index contributed by atoms with van der Waals surface area (Å²) >= 11 is 0. The molecule has 0 radical (unpaired) electrons. The summed E-state index contributed by atoms with van der Waals surface area (Å²) in [6, 6.07) is 11.7. The summed E-state index contributed by atoms with van der Waals surface area (Å²) in [5.74, 6) is -0.814. The van der Waals surface area contributed by atoms with E-state index in [1.807, 2.05) is 18.2 Å². The minimum absolute atomic E-state index is 0.0969. The molecule has 0 fully saturated rings. The highest BCUT2D eigenvalue weighted by atomic mass is 16.2. The van der Waals surface area contributed by atoms with E-state index in [9.17, 15) is 9.59 Å². The molecule has 1 aromatic heterocycles. The Balaban J connectivity index is 2.09. The molecule has 0 saturated heterocycles. The molecule has 0 aliphatic carbocycles. The lowest BCUT2D eigenvalue weighted by Crippen LogP contribution is -2.38. The van der Waals surface area contributed by atoms with Gasteiger partial charge < -0.3 is 16.0 Å². The molecule has 1 aromatic carbocycles. The number of nitrogens with two attached hydrogens (primary N) is 1. The minimum Gasteiger partial charge on any atom is -0.364 e. The Hall–Kier alpha value is -2.60. The Morgan fingerprint density at radius 1 is 1.21 bits per heavy atom. The Labute approximate surface area is 142 Å². The number of hydrogen-bond acceptors (Lipinski definition) is 3. The van der Waals surface area contributed by atoms with Gasteiger partial charge in [0.15, 0.2) is 0 Å². The van der Waals surface area contributed by atoms with E-state index in [1.54, 1.807) is 0 Å². The van der Waals surface area contributed by atoms with Gasteiger partial charge in [0.2, 0.25) is 0 Å². The number of carbonyl (C=O) groups is 2. The van der Waals surface area contributed by atoms with Crippen LogP contribution in [-0.2, 0) is 0 Å². The van der Waals surface area contributed by atoms with Crippen LogP contribution in [0.2, 0.25) is 0 Å². The Morgan fingerprint density at radius 3 is 2.42 bits per heavy atom. The third-order valence-electron chi connectivity index (χ3n) is 4.10. The van der Waals surface area contributed by atoms with Crippen molar-refractivity contribution in [3.8, 4) is 0 Å². The van der Waals surface area contributed by atoms with Crippen LogP contribution in [-0.4, -0.2) is 41.3 Å². The van der Waals surface area contributed by atoms with E-state index in [0.29, 0.717) is 12.1 Å². The largest absolute Gasteiger partial charge is 0.364 e. The van der Waals surface area contributed by atoms with Crippen LogP contribution in [0.15, 0.2) is 42.6 Å². The molecular formula is C18H24N4O2. The van der Waals surface area contributed by atoms with Crippen molar-refractivity contribution in [3.05, 3.63) is 59.4 Å². The number of H-pyrrole nitrogens is 1. The van der Waals surface area contributed by atoms with Crippen LogP contribution in [0.5, 0.6) is 0 Å². The number of amides is 2. The van der Waals surface area contributed by atoms with Gasteiger partial charge in [-0.15, -0.1) is 0 Å². The lowest BCUT2D eigenvalue weighted by Gasteiger charge is -2.30. The van der Waals surface area contributed by atoms with E-state index in [-0.39, 0.29) is 17.6 Å². The predicted octanol–water partition coefficient (Wildman–Crippen LogP) is 1.93. The molecule has 0 saturated carbocycles. The Kier molecular flexibility index (Phi) is 6.14. The van der Waals surface area contributed by atoms with Crippen molar-refractivity contribution in [1.29, 1.82) is 0 Å². The summed E-state index contributed by atoms with van der Waals surface area (Å²) < 4.78 is 0. The monoisotopic (exact) mass is 328 g/mol. The SMILES string of the molecule is CCN(CC)[C@H](CNC(=O)c1c[nH]c(C(N)=O)c1)c1ccccc1. The average Bonchev–Trinajstić information content (AvgIpc) is 3.09. The van der Waals surface area contributed by atoms with Crippen LogP contribution in [0.3, 0.4) is 0 Å². The standard InChI is InChI=1S/C18H24N4O2/c1-3-22(4-2)16(13-8-6-5-7-9-13)12-21-18(24)14-10-15(17(19)23)20-11-14/h5-11,16,20H,3-4,12H2,1-2H3,(H2,19,23)(H,21,24)/t16-/m1/s1. The Morgan fingerprint density at radius 2 is 1.88 bits per heavy atom. The smallest absolute Gasteiger partial charge is 0.265 e. The number of carbonyl (C=O) groups excluding carboxylic acids is 2. The quantitative estimate of drug-likeness (QED) is 0.691. The van der Waals surface area contributed by atoms with Crippen molar-refractivity contribution in [2.75, 3.05) is 19.6 Å². The zero-order valence-electron chi connectivity index (χ0n) is 14.1. The van der Waals surface area contributed by atoms with Crippen LogP contribution in [0, 0.1) is 0 Å². The molecule has 0 spiro atoms. The van der Waals surface area contributed by atoms with E-state index in [4.69, 9.17) is 5.73 Å². The number of primary amides is 1. The predicted molar refractivity (Wildman–Crippen MR) is 93.7 cm³/mol. The van der Waals surface area contributed by atoms with Crippen LogP contribution in [0.25, 0.3) is 0 Å². The second-order valence-corrected chi connectivity index (χ2v) is 5.52. The first-order valence-corrected chi connectivity index (χ1v) is 8.12. The van der Waals surface area contributed by atoms with Gasteiger partial charge in [-0.3, -0.25) is 14.5 Å². The van der Waals surface area contributed by atoms with E-state index < -0.39 is 5.91 Å². The molecule has 0 aliphatic rings. The van der Waals surface area contributed by atoms with Gasteiger partial charge in [-0.25, -0.2) is 0 Å². The van der Waals surface area contributed by atoms with Gasteiger partial charge >= 0.3 is 0 Å². The molecule has 0 unspecified atom stereocenters. The number of aromatic nitrogens is 1. The summed E-state index contributed by atoms with van der Waals surface area (Å²) in [4.78, 5) is 28.4. The first-order chi connectivity index (χ1) is 11.6. The first-order valence-electron chi connectivity index (χ1n) is 8.12. The van der Waals surface area contributed by atoms with E-state index in [0.717, 1.165) is 18.7 Å². The highest BCUT2D eigenvalue weighted by molar-refractivity contribution is 5.98. The van der Waals surface area contributed by atoms with Crippen molar-refractivity contribution < 1.29 is 9.59 Å². The summed E-state index contributed by atoms with van der Waals surface area (Å²) in [7, 11) is 0. The maximum absolute atomic E-state index is 12.3. The van der Waals surface area contributed by atoms with Crippen LogP contribution < -0.4 is 11.1 Å². The molecule has 6 heteroatoms. The van der Waals surface area contributed by atoms with Crippen molar-refractivity contribution >= 4 is 11.8 Å². The minimum atomic E-state index is -0.584. The fourth-order valence-corrected chi connectivity index (χ4v) is 2.76. The van der Waals surface area contributed by atoms with Gasteiger partial charge in [0.05, 0.1) is 11.6 Å². The van der Waals surface area contributed by atoms with Crippen molar-refractivity contribution in [3.63, 3.8) is 0 Å². The number of likely N-dealkylation sites (N-methyl/N-ethyl adjacent to an activating group) is 1. The fraction of sp³-hybridized carbons (Fsp3) is 0.333. The molecule has 2 rings (SSSR count). The summed E-state index contributed by atoms with van der Waals surface area (Å²) in [6.45, 7) is 6.48. The number of hydrogen-bond donors (Lipinski definition) is 3. The van der Waals surface area contributed by atoms with E-state index in [2.05, 4.69) is 41.2 Å². The zero-order chi connectivity index (χ0) is 17.5. The molecule has 128 valence electrons. The van der Waals surface area contributed by atoms with Gasteiger partial charge in [-0.05, 0) is 24.7 Å². The van der Waals surface area contributed by atoms with Crippen molar-refractivity contribution in [2.45, 2.75) is 19.9 Å². The first kappa shape index (κ1) is 17.7. The van der Waals surface area contributed by atoms with Gasteiger partial charge in [-0.2, -0.15) is 0 Å². The molecule has 4 N–H and O–H groups in total. The van der Waals surface area contributed by atoms with Crippen LogP contribution in [0.4, 0.5) is 0 Å². The van der Waals surface area contributed by atoms with Gasteiger partial charge in [0.25, 0.3) is 11.8 Å². The van der Waals surface area contributed by atoms with Gasteiger partial charge in [-0.1, -0.05) is 44.2 Å². The molecule has 24 heavy (non-hydrogen) atoms. The third-order valence-corrected chi connectivity index (χ3v) is 4.10. The molecule has 2 amide bonds. The number of rotatable bonds is 8. The number of nitrogens with zero attached hydrogens (tertiary/aromatic N) is 1. The lowest BCUT2D eigenvalue weighted by atomic mass is 10.0. The van der Waals surface area contributed by atoms with Crippen LogP contribution in [0.1, 0.15) is 46.3 Å². The van der Waals surface area contributed by atoms with Gasteiger partial charge in [0, 0.05) is 12.7 Å². The molecule has 1 heterocycles. The normalized spacial score (nSPS) is 12.1. The number of aromatic amines is 1. The lowest BCUT2D eigenvalue weighted by molar-refractivity contribution is 0.0935. The summed E-state index contributed by atoms with van der Waals surface area (Å²) in [5.41, 5.74) is 6.98. The van der Waals surface area contributed by atoms with Crippen molar-refractivity contribution in [1.82, 2.24) is 15.2 Å². The highest BCUT2D eigenvalue weighted by Gasteiger charge is 2.19. The van der Waals surface area contributed by atoms with E-state index >= 15 is 0 Å². The number of nitrogens with one attached hydrogen (secondary N) is 2. The van der Waals surface area contributed by atoms with Crippen molar-refractivity contribution in [2.24, 2.45) is 5.73 Å². The van der Waals surface area contributed by atoms with Gasteiger partial charge in [0.1, 0.15) is 5.69 Å². The average molecular weight is 328 g/mol. The molecule has 1 atom stereocenters. The summed E-state index contributed by atoms with van der Waals surface area (Å²) in [5, 5.41) is 2.95. The molecule has 6 nitrogen and oxygen atoms in total. The van der Waals surface area contributed by atoms with Crippen LogP contribution >= 0.6 is 0 Å². The topological polar surface area (TPSA) is 91.2 Å². The third kappa shape index (κ3) is 4.23. The fourth-order valence-electron chi connectivity index (χ4n) is 2.76. The summed E-state index contributed by atoms with van der Waals surface area (Å²) in [6.07, 6.45) is 1.49. The molecule has 0 bridgehead atoms. The maximum atomic E-state index is 12.3. The molecular weight excluding hydrogens is 304 g/mol. The highest BCUT2D eigenvalue weighted by Crippen LogP contribution is 2.19. The molecule has 2 aromatic rings. The Bertz CT molecular complexity index is 677. The second-order valence-electron chi connectivity index (χ2n) is 5.52. The van der Waals surface area contributed by atoms with E-state index in [1.165, 1.54) is 12.3 Å². The maximum Gasteiger partial charge on any atom is 0.265 e. The molecule has 0 aliphatic heterocycles. The second kappa shape index (κ2) is 8.31. The zero-order valence-corrected chi connectivity index (χ0v) is 14.1. The number of benzene rings is 1.